The molecule has 2 rings (SSSR count). The van der Waals surface area contributed by atoms with E-state index in [1.165, 1.54) is 0 Å². The van der Waals surface area contributed by atoms with Crippen molar-refractivity contribution in [2.75, 3.05) is 32.3 Å². The summed E-state index contributed by atoms with van der Waals surface area (Å²) in [5, 5.41) is 3.34. The van der Waals surface area contributed by atoms with E-state index in [9.17, 15) is 4.79 Å². The molecular formula is C21H28ClN3O3. The van der Waals surface area contributed by atoms with Crippen molar-refractivity contribution >= 4 is 23.2 Å². The maximum atomic E-state index is 12.8. The van der Waals surface area contributed by atoms with E-state index in [0.717, 1.165) is 35.5 Å². The minimum atomic E-state index is -0.265. The normalized spacial score (nSPS) is 10.7. The highest BCUT2D eigenvalue weighted by Gasteiger charge is 2.24. The van der Waals surface area contributed by atoms with Crippen LogP contribution < -0.4 is 15.0 Å². The number of nitrogens with zero attached hydrogens (tertiary/aromatic N) is 2. The summed E-state index contributed by atoms with van der Waals surface area (Å²) in [5.41, 5.74) is 3.61. The molecule has 0 spiro atoms. The molecular weight excluding hydrogens is 378 g/mol. The van der Waals surface area contributed by atoms with Gasteiger partial charge in [0.2, 0.25) is 5.88 Å². The predicted octanol–water partition coefficient (Wildman–Crippen LogP) is 4.63. The molecule has 1 N–H and O–H groups in total. The lowest BCUT2D eigenvalue weighted by molar-refractivity contribution is 0.0960. The van der Waals surface area contributed by atoms with Crippen LogP contribution in [0.25, 0.3) is 0 Å². The number of anilines is 1. The number of ether oxygens (including phenoxy) is 2. The van der Waals surface area contributed by atoms with E-state index in [1.54, 1.807) is 14.2 Å². The van der Waals surface area contributed by atoms with Gasteiger partial charge in [-0.1, -0.05) is 18.5 Å². The van der Waals surface area contributed by atoms with E-state index in [-0.39, 0.29) is 11.8 Å². The van der Waals surface area contributed by atoms with Crippen molar-refractivity contribution in [2.24, 2.45) is 0 Å². The van der Waals surface area contributed by atoms with Crippen LogP contribution in [0.4, 0.5) is 5.69 Å². The van der Waals surface area contributed by atoms with Crippen LogP contribution in [0.5, 0.6) is 11.6 Å². The zero-order valence-electron chi connectivity index (χ0n) is 17.4. The van der Waals surface area contributed by atoms with Gasteiger partial charge in [0.15, 0.2) is 0 Å². The van der Waals surface area contributed by atoms with Gasteiger partial charge in [-0.25, -0.2) is 4.98 Å². The molecule has 0 radical (unpaired) electrons. The van der Waals surface area contributed by atoms with E-state index in [4.69, 9.17) is 21.1 Å². The van der Waals surface area contributed by atoms with E-state index in [2.05, 4.69) is 17.2 Å². The Morgan fingerprint density at radius 3 is 2.39 bits per heavy atom. The second kappa shape index (κ2) is 9.75. The van der Waals surface area contributed by atoms with Gasteiger partial charge in [0.25, 0.3) is 5.91 Å². The van der Waals surface area contributed by atoms with E-state index in [0.29, 0.717) is 23.1 Å². The van der Waals surface area contributed by atoms with Crippen molar-refractivity contribution in [1.29, 1.82) is 0 Å². The summed E-state index contributed by atoms with van der Waals surface area (Å²) in [7, 11) is 3.23. The van der Waals surface area contributed by atoms with Crippen LogP contribution >= 0.6 is 11.6 Å². The summed E-state index contributed by atoms with van der Waals surface area (Å²) in [4.78, 5) is 19.3. The number of methoxy groups -OCH3 is 1. The topological polar surface area (TPSA) is 63.7 Å². The van der Waals surface area contributed by atoms with Gasteiger partial charge >= 0.3 is 0 Å². The number of halogens is 1. The van der Waals surface area contributed by atoms with Crippen molar-refractivity contribution in [1.82, 2.24) is 10.3 Å². The average Bonchev–Trinajstić information content (AvgIpc) is 2.63. The fourth-order valence-electron chi connectivity index (χ4n) is 3.13. The van der Waals surface area contributed by atoms with E-state index in [1.807, 2.05) is 43.9 Å². The summed E-state index contributed by atoms with van der Waals surface area (Å²) in [6.45, 7) is 8.88. The molecule has 0 saturated heterocycles. The second-order valence-corrected chi connectivity index (χ2v) is 7.13. The number of benzene rings is 1. The van der Waals surface area contributed by atoms with Gasteiger partial charge < -0.3 is 19.7 Å². The monoisotopic (exact) mass is 405 g/mol. The summed E-state index contributed by atoms with van der Waals surface area (Å²) < 4.78 is 11.5. The summed E-state index contributed by atoms with van der Waals surface area (Å²) in [6, 6.07) is 5.54. The summed E-state index contributed by atoms with van der Waals surface area (Å²) in [5.74, 6) is 0.645. The Kier molecular flexibility index (Phi) is 7.66. The van der Waals surface area contributed by atoms with E-state index >= 15 is 0 Å². The van der Waals surface area contributed by atoms with Crippen LogP contribution in [0, 0.1) is 20.8 Å². The van der Waals surface area contributed by atoms with Gasteiger partial charge in [-0.3, -0.25) is 4.79 Å². The molecule has 1 heterocycles. The standard InChI is InChI=1S/C21H28ClN3O3/c1-7-8-25(12-27-6)17-11-15(4)24-21(18(17)20(26)23-5)28-19-13(2)9-16(22)10-14(19)3/h9-11H,7-8,12H2,1-6H3,(H,23,26). The second-order valence-electron chi connectivity index (χ2n) is 6.69. The maximum absolute atomic E-state index is 12.8. The predicted molar refractivity (Wildman–Crippen MR) is 113 cm³/mol. The number of hydrogen-bond acceptors (Lipinski definition) is 5. The molecule has 6 nitrogen and oxygen atoms in total. The minimum absolute atomic E-state index is 0.264. The smallest absolute Gasteiger partial charge is 0.258 e. The van der Waals surface area contributed by atoms with Gasteiger partial charge in [0.05, 0.1) is 5.69 Å². The Balaban J connectivity index is 2.65. The first-order valence-corrected chi connectivity index (χ1v) is 9.62. The van der Waals surface area contributed by atoms with Crippen molar-refractivity contribution in [3.05, 3.63) is 45.6 Å². The largest absolute Gasteiger partial charge is 0.438 e. The number of carbonyl (C=O) groups is 1. The Hall–Kier alpha value is -2.31. The molecule has 1 aromatic carbocycles. The first-order chi connectivity index (χ1) is 13.3. The molecule has 0 bridgehead atoms. The SMILES string of the molecule is CCCN(COC)c1cc(C)nc(Oc2c(C)cc(Cl)cc2C)c1C(=O)NC. The number of carbonyl (C=O) groups excluding carboxylic acids is 1. The Morgan fingerprint density at radius 1 is 1.21 bits per heavy atom. The van der Waals surface area contributed by atoms with Crippen molar-refractivity contribution in [3.8, 4) is 11.6 Å². The number of aryl methyl sites for hydroxylation is 3. The molecule has 0 fully saturated rings. The summed E-state index contributed by atoms with van der Waals surface area (Å²) >= 11 is 6.14. The van der Waals surface area contributed by atoms with Crippen LogP contribution in [-0.4, -0.2) is 38.3 Å². The number of amides is 1. The Bertz CT molecular complexity index is 826. The molecule has 7 heteroatoms. The molecule has 28 heavy (non-hydrogen) atoms. The third-order valence-electron chi connectivity index (χ3n) is 4.29. The van der Waals surface area contributed by atoms with E-state index < -0.39 is 0 Å². The number of rotatable bonds is 8. The van der Waals surface area contributed by atoms with Crippen LogP contribution in [0.2, 0.25) is 5.02 Å². The fourth-order valence-corrected chi connectivity index (χ4v) is 3.45. The zero-order valence-corrected chi connectivity index (χ0v) is 18.1. The van der Waals surface area contributed by atoms with Crippen molar-refractivity contribution in [2.45, 2.75) is 34.1 Å². The Morgan fingerprint density at radius 2 is 1.86 bits per heavy atom. The van der Waals surface area contributed by atoms with Crippen LogP contribution in [0.3, 0.4) is 0 Å². The minimum Gasteiger partial charge on any atom is -0.438 e. The zero-order chi connectivity index (χ0) is 20.8. The summed E-state index contributed by atoms with van der Waals surface area (Å²) in [6.07, 6.45) is 0.906. The highest BCUT2D eigenvalue weighted by Crippen LogP contribution is 2.36. The lowest BCUT2D eigenvalue weighted by Crippen LogP contribution is -2.30. The van der Waals surface area contributed by atoms with Gasteiger partial charge in [0.1, 0.15) is 18.0 Å². The molecule has 0 saturated carbocycles. The first-order valence-electron chi connectivity index (χ1n) is 9.24. The lowest BCUT2D eigenvalue weighted by atomic mass is 10.1. The molecule has 152 valence electrons. The number of aromatic nitrogens is 1. The molecule has 2 aromatic rings. The molecule has 0 aliphatic heterocycles. The third kappa shape index (κ3) is 4.94. The van der Waals surface area contributed by atoms with Crippen LogP contribution in [0.15, 0.2) is 18.2 Å². The number of nitrogens with one attached hydrogen (secondary N) is 1. The maximum Gasteiger partial charge on any atom is 0.258 e. The number of pyridine rings is 1. The van der Waals surface area contributed by atoms with Crippen LogP contribution in [-0.2, 0) is 4.74 Å². The molecule has 0 unspecified atom stereocenters. The van der Waals surface area contributed by atoms with Gasteiger partial charge in [-0.15, -0.1) is 0 Å². The van der Waals surface area contributed by atoms with Crippen molar-refractivity contribution in [3.63, 3.8) is 0 Å². The molecule has 1 aromatic heterocycles. The molecule has 0 atom stereocenters. The highest BCUT2D eigenvalue weighted by molar-refractivity contribution is 6.30. The fraction of sp³-hybridized carbons (Fsp3) is 0.429. The van der Waals surface area contributed by atoms with Gasteiger partial charge in [-0.05, 0) is 56.5 Å². The Labute approximate surface area is 171 Å². The van der Waals surface area contributed by atoms with Crippen molar-refractivity contribution < 1.29 is 14.3 Å². The number of hydrogen-bond donors (Lipinski definition) is 1. The quantitative estimate of drug-likeness (QED) is 0.648. The lowest BCUT2D eigenvalue weighted by Gasteiger charge is -2.27. The molecule has 0 aliphatic rings. The van der Waals surface area contributed by atoms with Gasteiger partial charge in [0, 0.05) is 31.4 Å². The van der Waals surface area contributed by atoms with Crippen LogP contribution in [0.1, 0.15) is 40.5 Å². The molecule has 0 aliphatic carbocycles. The highest BCUT2D eigenvalue weighted by atomic mass is 35.5. The third-order valence-corrected chi connectivity index (χ3v) is 4.51. The molecule has 1 amide bonds. The van der Waals surface area contributed by atoms with Gasteiger partial charge in [-0.2, -0.15) is 0 Å². The average molecular weight is 406 g/mol. The first kappa shape index (κ1) is 22.0.